The minimum Gasteiger partial charge on any atom is -0.378 e. The van der Waals surface area contributed by atoms with Crippen molar-refractivity contribution in [1.82, 2.24) is 10.4 Å². The van der Waals surface area contributed by atoms with Crippen LogP contribution in [0.15, 0.2) is 47.7 Å². The highest BCUT2D eigenvalue weighted by Crippen LogP contribution is 2.19. The maximum Gasteiger partial charge on any atom is 0.289 e. The molecule has 1 amide bonds. The third kappa shape index (κ3) is 3.97. The molecule has 0 unspecified atom stereocenters. The first-order valence-corrected chi connectivity index (χ1v) is 7.92. The van der Waals surface area contributed by atoms with E-state index in [9.17, 15) is 4.79 Å². The molecule has 6 heteroatoms. The summed E-state index contributed by atoms with van der Waals surface area (Å²) in [5.41, 5.74) is 6.09. The summed E-state index contributed by atoms with van der Waals surface area (Å²) in [6, 6.07) is 11.4. The van der Waals surface area contributed by atoms with Gasteiger partial charge in [-0.1, -0.05) is 12.1 Å². The minimum absolute atomic E-state index is 0.325. The van der Waals surface area contributed by atoms with Gasteiger partial charge in [0.2, 0.25) is 0 Å². The number of amides is 1. The number of nitrogens with zero attached hydrogens (tertiary/aromatic N) is 3. The lowest BCUT2D eigenvalue weighted by molar-refractivity contribution is 0.0950. The predicted octanol–water partition coefficient (Wildman–Crippen LogP) is 1.99. The average Bonchev–Trinajstić information content (AvgIpc) is 2.64. The number of rotatable bonds is 4. The van der Waals surface area contributed by atoms with Crippen LogP contribution in [0.25, 0.3) is 0 Å². The second-order valence-electron chi connectivity index (χ2n) is 5.55. The van der Waals surface area contributed by atoms with E-state index in [4.69, 9.17) is 4.74 Å². The number of carbonyl (C=O) groups excluding carboxylic acids is 1. The number of nitrogens with one attached hydrogen (secondary N) is 1. The van der Waals surface area contributed by atoms with Crippen molar-refractivity contribution in [2.75, 3.05) is 31.2 Å². The smallest absolute Gasteiger partial charge is 0.289 e. The first-order valence-electron chi connectivity index (χ1n) is 7.92. The van der Waals surface area contributed by atoms with Crippen molar-refractivity contribution < 1.29 is 9.53 Å². The van der Waals surface area contributed by atoms with E-state index in [2.05, 4.69) is 32.5 Å². The summed E-state index contributed by atoms with van der Waals surface area (Å²) < 4.78 is 5.38. The van der Waals surface area contributed by atoms with Crippen LogP contribution in [-0.4, -0.2) is 43.4 Å². The first-order chi connectivity index (χ1) is 11.7. The van der Waals surface area contributed by atoms with E-state index in [0.717, 1.165) is 37.4 Å². The van der Waals surface area contributed by atoms with Crippen LogP contribution < -0.4 is 10.3 Å². The molecule has 0 bridgehead atoms. The molecule has 1 aromatic carbocycles. The van der Waals surface area contributed by atoms with Gasteiger partial charge in [-0.3, -0.25) is 9.78 Å². The molecule has 1 saturated heterocycles. The van der Waals surface area contributed by atoms with Crippen LogP contribution in [-0.2, 0) is 4.74 Å². The van der Waals surface area contributed by atoms with Gasteiger partial charge in [0.25, 0.3) is 5.91 Å². The molecule has 1 N–H and O–H groups in total. The van der Waals surface area contributed by atoms with E-state index >= 15 is 0 Å². The Hall–Kier alpha value is -2.73. The molecule has 0 radical (unpaired) electrons. The van der Waals surface area contributed by atoms with Gasteiger partial charge in [-0.25, -0.2) is 5.43 Å². The molecular formula is C18H20N4O2. The number of hydrazone groups is 1. The Morgan fingerprint density at radius 1 is 1.29 bits per heavy atom. The first kappa shape index (κ1) is 16.1. The number of anilines is 1. The Morgan fingerprint density at radius 2 is 2.12 bits per heavy atom. The second-order valence-corrected chi connectivity index (χ2v) is 5.55. The van der Waals surface area contributed by atoms with Gasteiger partial charge in [-0.05, 0) is 42.3 Å². The molecule has 1 aliphatic rings. The van der Waals surface area contributed by atoms with Gasteiger partial charge in [0.05, 0.1) is 19.4 Å². The quantitative estimate of drug-likeness (QED) is 0.690. The number of benzene rings is 1. The lowest BCUT2D eigenvalue weighted by atomic mass is 10.1. The Labute approximate surface area is 141 Å². The maximum atomic E-state index is 11.9. The van der Waals surface area contributed by atoms with E-state index < -0.39 is 0 Å². The summed E-state index contributed by atoms with van der Waals surface area (Å²) in [6.45, 7) is 5.38. The molecule has 1 aliphatic heterocycles. The van der Waals surface area contributed by atoms with Gasteiger partial charge >= 0.3 is 0 Å². The van der Waals surface area contributed by atoms with Gasteiger partial charge < -0.3 is 9.64 Å². The SMILES string of the molecule is Cc1cc(N2CCOCC2)ccc1/C=N\NC(=O)c1ccccn1. The number of hydrogen-bond acceptors (Lipinski definition) is 5. The highest BCUT2D eigenvalue weighted by molar-refractivity contribution is 5.93. The molecule has 0 spiro atoms. The summed E-state index contributed by atoms with van der Waals surface area (Å²) in [6.07, 6.45) is 3.23. The van der Waals surface area contributed by atoms with Crippen molar-refractivity contribution in [3.05, 3.63) is 59.4 Å². The van der Waals surface area contributed by atoms with Crippen molar-refractivity contribution in [2.45, 2.75) is 6.92 Å². The molecule has 24 heavy (non-hydrogen) atoms. The number of pyridine rings is 1. The van der Waals surface area contributed by atoms with Gasteiger partial charge in [0.15, 0.2) is 0 Å². The number of morpholine rings is 1. The van der Waals surface area contributed by atoms with E-state index in [0.29, 0.717) is 5.69 Å². The highest BCUT2D eigenvalue weighted by Gasteiger charge is 2.11. The zero-order valence-electron chi connectivity index (χ0n) is 13.6. The highest BCUT2D eigenvalue weighted by atomic mass is 16.5. The molecule has 1 fully saturated rings. The Balaban J connectivity index is 1.63. The van der Waals surface area contributed by atoms with Crippen LogP contribution in [0.3, 0.4) is 0 Å². The predicted molar refractivity (Wildman–Crippen MR) is 93.5 cm³/mol. The third-order valence-electron chi connectivity index (χ3n) is 3.90. The standard InChI is InChI=1S/C18H20N4O2/c1-14-12-16(22-8-10-24-11-9-22)6-5-15(14)13-20-21-18(23)17-4-2-3-7-19-17/h2-7,12-13H,8-11H2,1H3,(H,21,23)/b20-13-. The number of aryl methyl sites for hydroxylation is 1. The summed E-state index contributed by atoms with van der Waals surface area (Å²) >= 11 is 0. The molecule has 2 heterocycles. The fourth-order valence-corrected chi connectivity index (χ4v) is 2.54. The number of aromatic nitrogens is 1. The Kier molecular flexibility index (Phi) is 5.18. The topological polar surface area (TPSA) is 66.8 Å². The van der Waals surface area contributed by atoms with Crippen LogP contribution >= 0.6 is 0 Å². The van der Waals surface area contributed by atoms with Crippen LogP contribution in [0.4, 0.5) is 5.69 Å². The second kappa shape index (κ2) is 7.70. The monoisotopic (exact) mass is 324 g/mol. The molecule has 1 aromatic heterocycles. The Bertz CT molecular complexity index is 725. The van der Waals surface area contributed by atoms with Crippen LogP contribution in [0, 0.1) is 6.92 Å². The molecular weight excluding hydrogens is 304 g/mol. The molecule has 6 nitrogen and oxygen atoms in total. The van der Waals surface area contributed by atoms with Crippen molar-refractivity contribution in [3.8, 4) is 0 Å². The van der Waals surface area contributed by atoms with Crippen LogP contribution in [0.2, 0.25) is 0 Å². The molecule has 2 aromatic rings. The maximum absolute atomic E-state index is 11.9. The molecule has 124 valence electrons. The molecule has 0 saturated carbocycles. The van der Waals surface area contributed by atoms with Crippen molar-refractivity contribution in [1.29, 1.82) is 0 Å². The van der Waals surface area contributed by atoms with Gasteiger partial charge in [-0.15, -0.1) is 0 Å². The van der Waals surface area contributed by atoms with E-state index in [1.807, 2.05) is 13.0 Å². The lowest BCUT2D eigenvalue weighted by Gasteiger charge is -2.29. The zero-order valence-corrected chi connectivity index (χ0v) is 13.6. The molecule has 3 rings (SSSR count). The molecule has 0 atom stereocenters. The van der Waals surface area contributed by atoms with E-state index in [-0.39, 0.29) is 5.91 Å². The minimum atomic E-state index is -0.325. The summed E-state index contributed by atoms with van der Waals surface area (Å²) in [5.74, 6) is -0.325. The lowest BCUT2D eigenvalue weighted by Crippen LogP contribution is -2.36. The number of carbonyl (C=O) groups is 1. The zero-order chi connectivity index (χ0) is 16.8. The third-order valence-corrected chi connectivity index (χ3v) is 3.90. The fourth-order valence-electron chi connectivity index (χ4n) is 2.54. The molecule has 0 aliphatic carbocycles. The van der Waals surface area contributed by atoms with Crippen LogP contribution in [0.5, 0.6) is 0 Å². The van der Waals surface area contributed by atoms with Gasteiger partial charge in [0, 0.05) is 25.0 Å². The number of hydrogen-bond donors (Lipinski definition) is 1. The van der Waals surface area contributed by atoms with Gasteiger partial charge in [-0.2, -0.15) is 5.10 Å². The van der Waals surface area contributed by atoms with Crippen molar-refractivity contribution >= 4 is 17.8 Å². The largest absolute Gasteiger partial charge is 0.378 e. The van der Waals surface area contributed by atoms with Gasteiger partial charge in [0.1, 0.15) is 5.69 Å². The van der Waals surface area contributed by atoms with Crippen molar-refractivity contribution in [2.24, 2.45) is 5.10 Å². The summed E-state index contributed by atoms with van der Waals surface area (Å²) in [5, 5.41) is 4.02. The fraction of sp³-hybridized carbons (Fsp3) is 0.278. The summed E-state index contributed by atoms with van der Waals surface area (Å²) in [4.78, 5) is 18.2. The van der Waals surface area contributed by atoms with Crippen LogP contribution in [0.1, 0.15) is 21.6 Å². The van der Waals surface area contributed by atoms with E-state index in [1.165, 1.54) is 5.69 Å². The Morgan fingerprint density at radius 3 is 2.83 bits per heavy atom. The van der Waals surface area contributed by atoms with E-state index in [1.54, 1.807) is 30.6 Å². The number of ether oxygens (including phenoxy) is 1. The normalized spacial score (nSPS) is 14.8. The summed E-state index contributed by atoms with van der Waals surface area (Å²) in [7, 11) is 0. The van der Waals surface area contributed by atoms with Crippen molar-refractivity contribution in [3.63, 3.8) is 0 Å². The average molecular weight is 324 g/mol.